The molecule has 4 heteroatoms. The Morgan fingerprint density at radius 1 is 1.17 bits per heavy atom. The van der Waals surface area contributed by atoms with Crippen molar-refractivity contribution >= 4 is 33.3 Å². The highest BCUT2D eigenvalue weighted by molar-refractivity contribution is 9.10. The number of rotatable bonds is 3. The Hall–Kier alpha value is -1.19. The van der Waals surface area contributed by atoms with Crippen molar-refractivity contribution in [1.29, 1.82) is 0 Å². The summed E-state index contributed by atoms with van der Waals surface area (Å²) in [5.41, 5.74) is 0.906. The van der Waals surface area contributed by atoms with E-state index in [1.54, 1.807) is 36.4 Å². The Balaban J connectivity index is 2.21. The summed E-state index contributed by atoms with van der Waals surface area (Å²) in [6, 6.07) is 11.1. The quantitative estimate of drug-likeness (QED) is 0.749. The second kappa shape index (κ2) is 5.63. The third kappa shape index (κ3) is 3.18. The summed E-state index contributed by atoms with van der Waals surface area (Å²) >= 11 is 9.00. The predicted molar refractivity (Wildman–Crippen MR) is 73.6 cm³/mol. The molecule has 18 heavy (non-hydrogen) atoms. The van der Waals surface area contributed by atoms with Crippen LogP contribution in [0.1, 0.15) is 15.9 Å². The molecule has 0 atom stereocenters. The van der Waals surface area contributed by atoms with Crippen LogP contribution in [0.25, 0.3) is 0 Å². The van der Waals surface area contributed by atoms with Gasteiger partial charge in [0.1, 0.15) is 5.82 Å². The summed E-state index contributed by atoms with van der Waals surface area (Å²) in [4.78, 5) is 12.0. The van der Waals surface area contributed by atoms with E-state index in [0.29, 0.717) is 16.1 Å². The first-order valence-electron chi connectivity index (χ1n) is 5.29. The normalized spacial score (nSPS) is 10.4. The number of hydrogen-bond donors (Lipinski definition) is 0. The lowest BCUT2D eigenvalue weighted by molar-refractivity contribution is 0.0992. The van der Waals surface area contributed by atoms with Crippen LogP contribution in [0.3, 0.4) is 0 Å². The van der Waals surface area contributed by atoms with E-state index in [-0.39, 0.29) is 18.0 Å². The fourth-order valence-electron chi connectivity index (χ4n) is 1.59. The molecule has 2 aromatic carbocycles. The fraction of sp³-hybridized carbons (Fsp3) is 0.0714. The maximum Gasteiger partial charge on any atom is 0.167 e. The van der Waals surface area contributed by atoms with Crippen LogP contribution in [0.4, 0.5) is 4.39 Å². The smallest absolute Gasteiger partial charge is 0.167 e. The summed E-state index contributed by atoms with van der Waals surface area (Å²) in [6.07, 6.45) is 0.0346. The molecule has 0 unspecified atom stereocenters. The second-order valence-corrected chi connectivity index (χ2v) is 5.19. The number of Topliss-reactive ketones (excluding diaryl/α,β-unsaturated/α-hetero) is 1. The Bertz CT molecular complexity index is 581. The maximum absolute atomic E-state index is 13.5. The first-order valence-corrected chi connectivity index (χ1v) is 6.46. The van der Waals surface area contributed by atoms with E-state index in [9.17, 15) is 9.18 Å². The molecule has 0 radical (unpaired) electrons. The molecule has 2 rings (SSSR count). The van der Waals surface area contributed by atoms with Crippen molar-refractivity contribution in [1.82, 2.24) is 0 Å². The Morgan fingerprint density at radius 3 is 2.50 bits per heavy atom. The van der Waals surface area contributed by atoms with E-state index in [0.717, 1.165) is 4.47 Å². The molecule has 1 nitrogen and oxygen atoms in total. The minimum atomic E-state index is -0.375. The predicted octanol–water partition coefficient (Wildman–Crippen LogP) is 4.67. The van der Waals surface area contributed by atoms with Gasteiger partial charge in [-0.05, 0) is 48.0 Å². The van der Waals surface area contributed by atoms with Crippen molar-refractivity contribution < 1.29 is 9.18 Å². The number of hydrogen-bond acceptors (Lipinski definition) is 1. The van der Waals surface area contributed by atoms with Gasteiger partial charge < -0.3 is 0 Å². The lowest BCUT2D eigenvalue weighted by Gasteiger charge is -2.04. The van der Waals surface area contributed by atoms with Crippen LogP contribution in [-0.2, 0) is 6.42 Å². The van der Waals surface area contributed by atoms with Gasteiger partial charge in [0.25, 0.3) is 0 Å². The number of carbonyl (C=O) groups excluding carboxylic acids is 1. The Kier molecular flexibility index (Phi) is 4.15. The lowest BCUT2D eigenvalue weighted by atomic mass is 10.0. The zero-order valence-corrected chi connectivity index (χ0v) is 11.6. The molecule has 0 amide bonds. The molecule has 92 valence electrons. The summed E-state index contributed by atoms with van der Waals surface area (Å²) in [5.74, 6) is -0.510. The van der Waals surface area contributed by atoms with Crippen LogP contribution in [0.15, 0.2) is 46.9 Å². The highest BCUT2D eigenvalue weighted by atomic mass is 79.9. The summed E-state index contributed by atoms with van der Waals surface area (Å²) < 4.78 is 14.3. The van der Waals surface area contributed by atoms with Gasteiger partial charge in [-0.25, -0.2) is 4.39 Å². The molecule has 0 heterocycles. The van der Waals surface area contributed by atoms with E-state index < -0.39 is 0 Å². The van der Waals surface area contributed by atoms with Gasteiger partial charge in [-0.3, -0.25) is 4.79 Å². The van der Waals surface area contributed by atoms with Gasteiger partial charge in [-0.1, -0.05) is 27.5 Å². The third-order valence-corrected chi connectivity index (χ3v) is 3.27. The standard InChI is InChI=1S/C14H9BrClFO/c15-11-3-6-13(17)10(7-11)8-14(18)9-1-4-12(16)5-2-9/h1-7H,8H2. The first-order chi connectivity index (χ1) is 8.56. The summed E-state index contributed by atoms with van der Waals surface area (Å²) in [6.45, 7) is 0. The molecule has 0 aliphatic carbocycles. The topological polar surface area (TPSA) is 17.1 Å². The van der Waals surface area contributed by atoms with E-state index in [1.165, 1.54) is 6.07 Å². The monoisotopic (exact) mass is 326 g/mol. The molecular weight excluding hydrogens is 319 g/mol. The largest absolute Gasteiger partial charge is 0.294 e. The van der Waals surface area contributed by atoms with E-state index in [4.69, 9.17) is 11.6 Å². The Morgan fingerprint density at radius 2 is 1.83 bits per heavy atom. The van der Waals surface area contributed by atoms with Gasteiger partial charge >= 0.3 is 0 Å². The fourth-order valence-corrected chi connectivity index (χ4v) is 2.12. The third-order valence-electron chi connectivity index (χ3n) is 2.52. The van der Waals surface area contributed by atoms with Crippen LogP contribution in [-0.4, -0.2) is 5.78 Å². The van der Waals surface area contributed by atoms with Crippen LogP contribution < -0.4 is 0 Å². The summed E-state index contributed by atoms with van der Waals surface area (Å²) in [7, 11) is 0. The molecule has 0 aliphatic heterocycles. The molecule has 0 bridgehead atoms. The molecule has 0 fully saturated rings. The zero-order valence-electron chi connectivity index (χ0n) is 9.29. The van der Waals surface area contributed by atoms with Crippen LogP contribution in [0.2, 0.25) is 5.02 Å². The van der Waals surface area contributed by atoms with Gasteiger partial charge in [-0.15, -0.1) is 0 Å². The SMILES string of the molecule is O=C(Cc1cc(Br)ccc1F)c1ccc(Cl)cc1. The molecular formula is C14H9BrClFO. The van der Waals surface area contributed by atoms with E-state index in [1.807, 2.05) is 0 Å². The highest BCUT2D eigenvalue weighted by Crippen LogP contribution is 2.18. The van der Waals surface area contributed by atoms with Gasteiger partial charge in [-0.2, -0.15) is 0 Å². The van der Waals surface area contributed by atoms with Gasteiger partial charge in [0.05, 0.1) is 0 Å². The van der Waals surface area contributed by atoms with Crippen molar-refractivity contribution in [3.63, 3.8) is 0 Å². The average molecular weight is 328 g/mol. The molecule has 0 spiro atoms. The van der Waals surface area contributed by atoms with Crippen LogP contribution in [0, 0.1) is 5.82 Å². The Labute approximate surface area is 118 Å². The van der Waals surface area contributed by atoms with Crippen molar-refractivity contribution in [2.75, 3.05) is 0 Å². The number of carbonyl (C=O) groups is 1. The number of ketones is 1. The molecule has 0 saturated heterocycles. The van der Waals surface area contributed by atoms with Crippen molar-refractivity contribution in [2.24, 2.45) is 0 Å². The van der Waals surface area contributed by atoms with E-state index in [2.05, 4.69) is 15.9 Å². The minimum absolute atomic E-state index is 0.0346. The second-order valence-electron chi connectivity index (χ2n) is 3.84. The molecule has 0 N–H and O–H groups in total. The van der Waals surface area contributed by atoms with Crippen molar-refractivity contribution in [3.8, 4) is 0 Å². The van der Waals surface area contributed by atoms with E-state index >= 15 is 0 Å². The number of halogens is 3. The molecule has 2 aromatic rings. The van der Waals surface area contributed by atoms with Crippen LogP contribution in [0.5, 0.6) is 0 Å². The number of benzene rings is 2. The lowest BCUT2D eigenvalue weighted by Crippen LogP contribution is -2.05. The summed E-state index contributed by atoms with van der Waals surface area (Å²) in [5, 5.41) is 0.570. The average Bonchev–Trinajstić information content (AvgIpc) is 2.34. The molecule has 0 aliphatic rings. The van der Waals surface area contributed by atoms with Gasteiger partial charge in [0.2, 0.25) is 0 Å². The first kappa shape index (κ1) is 13.2. The highest BCUT2D eigenvalue weighted by Gasteiger charge is 2.10. The molecule has 0 aromatic heterocycles. The van der Waals surface area contributed by atoms with Gasteiger partial charge in [0.15, 0.2) is 5.78 Å². The van der Waals surface area contributed by atoms with Gasteiger partial charge in [0, 0.05) is 21.5 Å². The van der Waals surface area contributed by atoms with Crippen molar-refractivity contribution in [3.05, 3.63) is 68.9 Å². The molecule has 0 saturated carbocycles. The van der Waals surface area contributed by atoms with Crippen LogP contribution >= 0.6 is 27.5 Å². The minimum Gasteiger partial charge on any atom is -0.294 e. The zero-order chi connectivity index (χ0) is 13.1. The maximum atomic E-state index is 13.5. The van der Waals surface area contributed by atoms with Crippen molar-refractivity contribution in [2.45, 2.75) is 6.42 Å².